The number of rotatable bonds is 4. The van der Waals surface area contributed by atoms with E-state index in [0.717, 1.165) is 16.7 Å². The van der Waals surface area contributed by atoms with Crippen LogP contribution >= 0.6 is 0 Å². The fraction of sp³-hybridized carbons (Fsp3) is 0.217. The minimum Gasteiger partial charge on any atom is -0.486 e. The molecule has 2 aromatic carbocycles. The molecule has 3 aromatic rings. The number of nitrogens with one attached hydrogen (secondary N) is 1. The number of fused-ring (bicyclic) bond motifs is 1. The molecule has 1 aliphatic heterocycles. The van der Waals surface area contributed by atoms with Gasteiger partial charge in [-0.05, 0) is 49.2 Å². The number of nitrogens with zero attached hydrogens (tertiary/aromatic N) is 1. The molecule has 0 spiro atoms. The van der Waals surface area contributed by atoms with Gasteiger partial charge in [-0.15, -0.1) is 0 Å². The van der Waals surface area contributed by atoms with E-state index >= 15 is 0 Å². The van der Waals surface area contributed by atoms with Gasteiger partial charge in [-0.3, -0.25) is 9.59 Å². The molecule has 0 saturated heterocycles. The lowest BCUT2D eigenvalue weighted by atomic mass is 10.1. The summed E-state index contributed by atoms with van der Waals surface area (Å²) in [4.78, 5) is 25.6. The summed E-state index contributed by atoms with van der Waals surface area (Å²) in [5.41, 5.74) is 3.59. The number of carbonyl (C=O) groups is 1. The second-order valence-electron chi connectivity index (χ2n) is 7.10. The summed E-state index contributed by atoms with van der Waals surface area (Å²) in [6, 6.07) is 14.6. The zero-order valence-corrected chi connectivity index (χ0v) is 16.4. The third-order valence-corrected chi connectivity index (χ3v) is 4.91. The first-order valence-electron chi connectivity index (χ1n) is 9.48. The van der Waals surface area contributed by atoms with Gasteiger partial charge in [0.1, 0.15) is 18.8 Å². The number of pyridine rings is 1. The zero-order chi connectivity index (χ0) is 20.4. The van der Waals surface area contributed by atoms with Crippen LogP contribution in [-0.2, 0) is 6.54 Å². The molecular weight excluding hydrogens is 368 g/mol. The first-order chi connectivity index (χ1) is 14.0. The Bertz CT molecular complexity index is 1130. The van der Waals surface area contributed by atoms with E-state index in [1.807, 2.05) is 26.0 Å². The molecule has 0 saturated carbocycles. The number of benzene rings is 2. The summed E-state index contributed by atoms with van der Waals surface area (Å²) < 4.78 is 12.6. The first-order valence-corrected chi connectivity index (χ1v) is 9.48. The number of aromatic nitrogens is 1. The van der Waals surface area contributed by atoms with Gasteiger partial charge in [0.15, 0.2) is 11.5 Å². The van der Waals surface area contributed by atoms with E-state index < -0.39 is 5.91 Å². The third kappa shape index (κ3) is 4.01. The van der Waals surface area contributed by atoms with Crippen molar-refractivity contribution in [3.05, 3.63) is 87.3 Å². The maximum absolute atomic E-state index is 12.9. The van der Waals surface area contributed by atoms with Crippen molar-refractivity contribution >= 4 is 11.6 Å². The molecule has 0 fully saturated rings. The minimum absolute atomic E-state index is 0.0905. The van der Waals surface area contributed by atoms with E-state index in [1.165, 1.54) is 6.07 Å². The van der Waals surface area contributed by atoms with Crippen molar-refractivity contribution in [1.29, 1.82) is 0 Å². The Morgan fingerprint density at radius 3 is 2.66 bits per heavy atom. The molecule has 6 nitrogen and oxygen atoms in total. The first kappa shape index (κ1) is 18.8. The highest BCUT2D eigenvalue weighted by Gasteiger charge is 2.16. The molecule has 148 valence electrons. The van der Waals surface area contributed by atoms with Crippen molar-refractivity contribution in [2.45, 2.75) is 20.4 Å². The maximum Gasteiger partial charge on any atom is 0.263 e. The largest absolute Gasteiger partial charge is 0.486 e. The molecule has 29 heavy (non-hydrogen) atoms. The lowest BCUT2D eigenvalue weighted by molar-refractivity contribution is 0.102. The van der Waals surface area contributed by atoms with Crippen LogP contribution in [-0.4, -0.2) is 23.7 Å². The van der Waals surface area contributed by atoms with Gasteiger partial charge in [-0.25, -0.2) is 0 Å². The van der Waals surface area contributed by atoms with Crippen molar-refractivity contribution in [3.63, 3.8) is 0 Å². The average molecular weight is 390 g/mol. The van der Waals surface area contributed by atoms with Crippen LogP contribution in [0.1, 0.15) is 27.0 Å². The van der Waals surface area contributed by atoms with Crippen molar-refractivity contribution in [3.8, 4) is 11.5 Å². The van der Waals surface area contributed by atoms with Gasteiger partial charge in [0, 0.05) is 18.0 Å². The number of aryl methyl sites for hydroxylation is 2. The highest BCUT2D eigenvalue weighted by molar-refractivity contribution is 6.04. The standard InChI is InChI=1S/C23H22N2O4/c1-15-5-6-16(2)17(12-15)14-25-9-3-4-19(23(25)27)22(26)24-18-7-8-20-21(13-18)29-11-10-28-20/h3-9,12-13H,10-11,14H2,1-2H3,(H,24,26). The van der Waals surface area contributed by atoms with Gasteiger partial charge < -0.3 is 19.4 Å². The van der Waals surface area contributed by atoms with E-state index in [1.54, 1.807) is 35.0 Å². The Morgan fingerprint density at radius 2 is 1.83 bits per heavy atom. The Labute approximate surface area is 168 Å². The maximum atomic E-state index is 12.9. The van der Waals surface area contributed by atoms with E-state index in [2.05, 4.69) is 11.4 Å². The molecule has 0 atom stereocenters. The molecule has 4 rings (SSSR count). The van der Waals surface area contributed by atoms with Crippen LogP contribution in [0.4, 0.5) is 5.69 Å². The van der Waals surface area contributed by atoms with Crippen LogP contribution in [0, 0.1) is 13.8 Å². The molecule has 1 amide bonds. The number of hydrogen-bond donors (Lipinski definition) is 1. The lowest BCUT2D eigenvalue weighted by Crippen LogP contribution is -2.29. The van der Waals surface area contributed by atoms with Gasteiger partial charge in [0.05, 0.1) is 6.54 Å². The summed E-state index contributed by atoms with van der Waals surface area (Å²) in [5, 5.41) is 2.77. The van der Waals surface area contributed by atoms with Gasteiger partial charge in [-0.1, -0.05) is 23.8 Å². The lowest BCUT2D eigenvalue weighted by Gasteiger charge is -2.19. The van der Waals surface area contributed by atoms with E-state index in [-0.39, 0.29) is 11.1 Å². The van der Waals surface area contributed by atoms with Crippen LogP contribution < -0.4 is 20.3 Å². The minimum atomic E-state index is -0.456. The fourth-order valence-corrected chi connectivity index (χ4v) is 3.31. The van der Waals surface area contributed by atoms with Gasteiger partial charge in [0.25, 0.3) is 11.5 Å². The molecule has 1 aromatic heterocycles. The topological polar surface area (TPSA) is 69.6 Å². The fourth-order valence-electron chi connectivity index (χ4n) is 3.31. The Kier molecular flexibility index (Phi) is 5.08. The van der Waals surface area contributed by atoms with E-state index in [4.69, 9.17) is 9.47 Å². The molecule has 0 aliphatic carbocycles. The van der Waals surface area contributed by atoms with Gasteiger partial charge in [-0.2, -0.15) is 0 Å². The van der Waals surface area contributed by atoms with Crippen LogP contribution in [0.2, 0.25) is 0 Å². The average Bonchev–Trinajstić information content (AvgIpc) is 2.72. The second kappa shape index (κ2) is 7.83. The number of ether oxygens (including phenoxy) is 2. The smallest absolute Gasteiger partial charge is 0.263 e. The molecular formula is C23H22N2O4. The monoisotopic (exact) mass is 390 g/mol. The number of carbonyl (C=O) groups excluding carboxylic acids is 1. The molecule has 6 heteroatoms. The quantitative estimate of drug-likeness (QED) is 0.740. The number of hydrogen-bond acceptors (Lipinski definition) is 4. The zero-order valence-electron chi connectivity index (χ0n) is 16.4. The van der Waals surface area contributed by atoms with Crippen LogP contribution in [0.5, 0.6) is 11.5 Å². The summed E-state index contributed by atoms with van der Waals surface area (Å²) in [6.07, 6.45) is 1.70. The molecule has 1 N–H and O–H groups in total. The Hall–Kier alpha value is -3.54. The Balaban J connectivity index is 1.57. The number of anilines is 1. The van der Waals surface area contributed by atoms with Crippen LogP contribution in [0.25, 0.3) is 0 Å². The highest BCUT2D eigenvalue weighted by Crippen LogP contribution is 2.32. The van der Waals surface area contributed by atoms with Crippen molar-refractivity contribution < 1.29 is 14.3 Å². The van der Waals surface area contributed by atoms with Crippen molar-refractivity contribution in [2.24, 2.45) is 0 Å². The number of amides is 1. The van der Waals surface area contributed by atoms with Crippen LogP contribution in [0.15, 0.2) is 59.5 Å². The van der Waals surface area contributed by atoms with Crippen molar-refractivity contribution in [2.75, 3.05) is 18.5 Å². The summed E-state index contributed by atoms with van der Waals surface area (Å²) in [5.74, 6) is 0.765. The van der Waals surface area contributed by atoms with Crippen molar-refractivity contribution in [1.82, 2.24) is 4.57 Å². The second-order valence-corrected chi connectivity index (χ2v) is 7.10. The molecule has 2 heterocycles. The summed E-state index contributed by atoms with van der Waals surface area (Å²) >= 11 is 0. The SMILES string of the molecule is Cc1ccc(C)c(Cn2cccc(C(=O)Nc3ccc4c(c3)OCCO4)c2=O)c1. The normalized spacial score (nSPS) is 12.5. The molecule has 0 bridgehead atoms. The van der Waals surface area contributed by atoms with Gasteiger partial charge in [0.2, 0.25) is 0 Å². The van der Waals surface area contributed by atoms with Crippen LogP contribution in [0.3, 0.4) is 0 Å². The predicted octanol–water partition coefficient (Wildman–Crippen LogP) is 3.54. The third-order valence-electron chi connectivity index (χ3n) is 4.91. The molecule has 0 radical (unpaired) electrons. The predicted molar refractivity (Wildman–Crippen MR) is 111 cm³/mol. The van der Waals surface area contributed by atoms with E-state index in [9.17, 15) is 9.59 Å². The Morgan fingerprint density at radius 1 is 1.03 bits per heavy atom. The summed E-state index contributed by atoms with van der Waals surface area (Å²) in [7, 11) is 0. The molecule has 0 unspecified atom stereocenters. The summed E-state index contributed by atoms with van der Waals surface area (Å²) in [6.45, 7) is 5.41. The molecule has 1 aliphatic rings. The van der Waals surface area contributed by atoms with E-state index in [0.29, 0.717) is 36.9 Å². The highest BCUT2D eigenvalue weighted by atomic mass is 16.6. The van der Waals surface area contributed by atoms with Gasteiger partial charge >= 0.3 is 0 Å².